The van der Waals surface area contributed by atoms with Crippen LogP contribution in [0.15, 0.2) is 42.5 Å². The van der Waals surface area contributed by atoms with Crippen molar-refractivity contribution in [3.05, 3.63) is 58.2 Å². The summed E-state index contributed by atoms with van der Waals surface area (Å²) in [4.78, 5) is 15.3. The van der Waals surface area contributed by atoms with Gasteiger partial charge >= 0.3 is 6.18 Å². The van der Waals surface area contributed by atoms with E-state index in [2.05, 4.69) is 15.0 Å². The second-order valence-corrected chi connectivity index (χ2v) is 6.20. The lowest BCUT2D eigenvalue weighted by Crippen LogP contribution is -2.19. The van der Waals surface area contributed by atoms with Crippen LogP contribution in [0.4, 0.5) is 18.9 Å². The number of aromatic amines is 1. The number of hydrogen-bond donors (Lipinski definition) is 2. The number of benzene rings is 2. The summed E-state index contributed by atoms with van der Waals surface area (Å²) in [6.45, 7) is -1.42. The van der Waals surface area contributed by atoms with Gasteiger partial charge in [-0.3, -0.25) is 4.79 Å². The van der Waals surface area contributed by atoms with Crippen molar-refractivity contribution in [3.8, 4) is 5.75 Å². The minimum Gasteiger partial charge on any atom is -0.484 e. The Morgan fingerprint density at radius 3 is 2.65 bits per heavy atom. The highest BCUT2D eigenvalue weighted by Crippen LogP contribution is 2.30. The molecule has 26 heavy (non-hydrogen) atoms. The lowest BCUT2D eigenvalue weighted by atomic mass is 10.2. The Morgan fingerprint density at radius 2 is 1.92 bits per heavy atom. The van der Waals surface area contributed by atoms with E-state index in [4.69, 9.17) is 23.2 Å². The molecule has 0 aliphatic carbocycles. The van der Waals surface area contributed by atoms with Gasteiger partial charge in [0.05, 0.1) is 5.02 Å². The fourth-order valence-corrected chi connectivity index (χ4v) is 2.77. The smallest absolute Gasteiger partial charge is 0.422 e. The van der Waals surface area contributed by atoms with Crippen molar-refractivity contribution in [1.82, 2.24) is 4.98 Å². The van der Waals surface area contributed by atoms with Crippen LogP contribution in [0.2, 0.25) is 10.0 Å². The minimum atomic E-state index is -4.45. The van der Waals surface area contributed by atoms with Crippen molar-refractivity contribution >= 4 is 45.7 Å². The number of carbonyl (C=O) groups excluding carboxylic acids is 1. The summed E-state index contributed by atoms with van der Waals surface area (Å²) in [5.41, 5.74) is 1.01. The van der Waals surface area contributed by atoms with Gasteiger partial charge in [0.1, 0.15) is 11.4 Å². The Morgan fingerprint density at radius 1 is 1.15 bits per heavy atom. The van der Waals surface area contributed by atoms with Gasteiger partial charge in [-0.15, -0.1) is 0 Å². The molecule has 1 amide bonds. The van der Waals surface area contributed by atoms with Crippen molar-refractivity contribution in [1.29, 1.82) is 0 Å². The van der Waals surface area contributed by atoms with Gasteiger partial charge in [-0.25, -0.2) is 0 Å². The number of hydrogen-bond acceptors (Lipinski definition) is 2. The number of ether oxygens (including phenoxy) is 1. The zero-order chi connectivity index (χ0) is 18.9. The summed E-state index contributed by atoms with van der Waals surface area (Å²) in [5.74, 6) is -0.565. The molecule has 3 rings (SSSR count). The molecule has 0 aliphatic heterocycles. The van der Waals surface area contributed by atoms with E-state index in [9.17, 15) is 18.0 Å². The first-order chi connectivity index (χ1) is 12.2. The van der Waals surface area contributed by atoms with Crippen molar-refractivity contribution in [2.24, 2.45) is 0 Å². The molecule has 3 aromatic rings. The highest BCUT2D eigenvalue weighted by molar-refractivity contribution is 6.40. The molecule has 0 unspecified atom stereocenters. The van der Waals surface area contributed by atoms with Gasteiger partial charge in [-0.2, -0.15) is 13.2 Å². The Labute approximate surface area is 155 Å². The first kappa shape index (κ1) is 18.4. The molecule has 0 fully saturated rings. The topological polar surface area (TPSA) is 54.1 Å². The van der Waals surface area contributed by atoms with Gasteiger partial charge < -0.3 is 15.0 Å². The van der Waals surface area contributed by atoms with Gasteiger partial charge in [0.15, 0.2) is 6.61 Å². The predicted octanol–water partition coefficient (Wildman–Crippen LogP) is 5.67. The molecule has 4 nitrogen and oxygen atoms in total. The number of anilines is 1. The standard InChI is InChI=1S/C17H11Cl2F3N2O2/c18-9-4-5-13-12(6-9)14(19)15(24-13)16(25)23-10-2-1-3-11(7-10)26-8-17(20,21)22/h1-7,24H,8H2,(H,23,25). The third-order valence-corrected chi connectivity index (χ3v) is 4.05. The molecule has 0 bridgehead atoms. The van der Waals surface area contributed by atoms with Crippen molar-refractivity contribution < 1.29 is 22.7 Å². The van der Waals surface area contributed by atoms with Crippen molar-refractivity contribution in [2.45, 2.75) is 6.18 Å². The van der Waals surface area contributed by atoms with Crippen LogP contribution in [-0.2, 0) is 0 Å². The van der Waals surface area contributed by atoms with Crippen LogP contribution >= 0.6 is 23.2 Å². The third-order valence-electron chi connectivity index (χ3n) is 3.42. The van der Waals surface area contributed by atoms with Gasteiger partial charge in [0.25, 0.3) is 5.91 Å². The minimum absolute atomic E-state index is 0.0188. The molecular formula is C17H11Cl2F3N2O2. The van der Waals surface area contributed by atoms with Crippen LogP contribution in [-0.4, -0.2) is 23.7 Å². The van der Waals surface area contributed by atoms with Gasteiger partial charge in [0, 0.05) is 27.7 Å². The summed E-state index contributed by atoms with van der Waals surface area (Å²) >= 11 is 12.1. The second kappa shape index (κ2) is 7.09. The lowest BCUT2D eigenvalue weighted by molar-refractivity contribution is -0.153. The number of alkyl halides is 3. The molecule has 0 atom stereocenters. The molecule has 0 spiro atoms. The van der Waals surface area contributed by atoms with Crippen molar-refractivity contribution in [2.75, 3.05) is 11.9 Å². The van der Waals surface area contributed by atoms with E-state index in [1.807, 2.05) is 0 Å². The zero-order valence-corrected chi connectivity index (χ0v) is 14.5. The van der Waals surface area contributed by atoms with E-state index in [0.29, 0.717) is 15.9 Å². The van der Waals surface area contributed by atoms with E-state index in [1.54, 1.807) is 18.2 Å². The number of carbonyl (C=O) groups is 1. The first-order valence-electron chi connectivity index (χ1n) is 7.30. The number of aromatic nitrogens is 1. The summed E-state index contributed by atoms with van der Waals surface area (Å²) in [6.07, 6.45) is -4.45. The number of fused-ring (bicyclic) bond motifs is 1. The normalized spacial score (nSPS) is 11.6. The van der Waals surface area contributed by atoms with Gasteiger partial charge in [0.2, 0.25) is 0 Å². The highest BCUT2D eigenvalue weighted by atomic mass is 35.5. The maximum Gasteiger partial charge on any atom is 0.422 e. The summed E-state index contributed by atoms with van der Waals surface area (Å²) in [5, 5.41) is 3.82. The molecule has 9 heteroatoms. The van der Waals surface area contributed by atoms with E-state index in [-0.39, 0.29) is 22.2 Å². The SMILES string of the molecule is O=C(Nc1cccc(OCC(F)(F)F)c1)c1[nH]c2ccc(Cl)cc2c1Cl. The van der Waals surface area contributed by atoms with Crippen LogP contribution in [0.5, 0.6) is 5.75 Å². The molecular weight excluding hydrogens is 392 g/mol. The molecule has 136 valence electrons. The highest BCUT2D eigenvalue weighted by Gasteiger charge is 2.28. The fraction of sp³-hybridized carbons (Fsp3) is 0.118. The molecule has 0 saturated heterocycles. The molecule has 2 N–H and O–H groups in total. The molecule has 0 saturated carbocycles. The van der Waals surface area contributed by atoms with E-state index < -0.39 is 18.7 Å². The van der Waals surface area contributed by atoms with Crippen LogP contribution < -0.4 is 10.1 Å². The summed E-state index contributed by atoms with van der Waals surface area (Å²) in [6, 6.07) is 10.6. The number of rotatable bonds is 4. The van der Waals surface area contributed by atoms with E-state index in [1.165, 1.54) is 24.3 Å². The van der Waals surface area contributed by atoms with Crippen LogP contribution in [0.25, 0.3) is 10.9 Å². The number of nitrogens with one attached hydrogen (secondary N) is 2. The largest absolute Gasteiger partial charge is 0.484 e. The van der Waals surface area contributed by atoms with Gasteiger partial charge in [-0.1, -0.05) is 29.3 Å². The quantitative estimate of drug-likeness (QED) is 0.590. The molecule has 0 aliphatic rings. The van der Waals surface area contributed by atoms with Crippen LogP contribution in [0, 0.1) is 0 Å². The summed E-state index contributed by atoms with van der Waals surface area (Å²) < 4.78 is 41.3. The van der Waals surface area contributed by atoms with Crippen molar-refractivity contribution in [3.63, 3.8) is 0 Å². The van der Waals surface area contributed by atoms with Gasteiger partial charge in [-0.05, 0) is 30.3 Å². The number of amides is 1. The first-order valence-corrected chi connectivity index (χ1v) is 8.06. The summed E-state index contributed by atoms with van der Waals surface area (Å²) in [7, 11) is 0. The average Bonchev–Trinajstić information content (AvgIpc) is 2.89. The Balaban J connectivity index is 1.79. The lowest BCUT2D eigenvalue weighted by Gasteiger charge is -2.10. The molecule has 0 radical (unpaired) electrons. The van der Waals surface area contributed by atoms with Crippen LogP contribution in [0.3, 0.4) is 0 Å². The maximum atomic E-state index is 12.4. The Hall–Kier alpha value is -2.38. The fourth-order valence-electron chi connectivity index (χ4n) is 2.31. The van der Waals surface area contributed by atoms with E-state index >= 15 is 0 Å². The third kappa shape index (κ3) is 4.23. The monoisotopic (exact) mass is 402 g/mol. The average molecular weight is 403 g/mol. The number of halogens is 5. The molecule has 1 heterocycles. The van der Waals surface area contributed by atoms with E-state index in [0.717, 1.165) is 0 Å². The molecule has 1 aromatic heterocycles. The maximum absolute atomic E-state index is 12.4. The van der Waals surface area contributed by atoms with Crippen LogP contribution in [0.1, 0.15) is 10.5 Å². The predicted molar refractivity (Wildman–Crippen MR) is 94.3 cm³/mol. The Bertz CT molecular complexity index is 970. The number of H-pyrrole nitrogens is 1. The zero-order valence-electron chi connectivity index (χ0n) is 13.0. The Kier molecular flexibility index (Phi) is 5.02. The molecule has 2 aromatic carbocycles. The second-order valence-electron chi connectivity index (χ2n) is 5.39.